The van der Waals surface area contributed by atoms with Crippen LogP contribution < -0.4 is 4.72 Å². The van der Waals surface area contributed by atoms with Crippen LogP contribution in [0.4, 0.5) is 0 Å². The summed E-state index contributed by atoms with van der Waals surface area (Å²) in [4.78, 5) is 23.2. The van der Waals surface area contributed by atoms with Crippen molar-refractivity contribution in [2.75, 3.05) is 0 Å². The maximum Gasteiger partial charge on any atom is 0.258 e. The Hall–Kier alpha value is -2.54. The molecule has 1 aromatic heterocycles. The van der Waals surface area contributed by atoms with E-state index >= 15 is 0 Å². The zero-order valence-corrected chi connectivity index (χ0v) is 11.7. The highest BCUT2D eigenvalue weighted by molar-refractivity contribution is 7.93. The second-order valence-electron chi connectivity index (χ2n) is 4.48. The van der Waals surface area contributed by atoms with E-state index in [0.717, 1.165) is 0 Å². The Morgan fingerprint density at radius 3 is 2.71 bits per heavy atom. The van der Waals surface area contributed by atoms with Crippen molar-refractivity contribution in [1.29, 1.82) is 0 Å². The summed E-state index contributed by atoms with van der Waals surface area (Å²) in [7, 11) is -1.60. The van der Waals surface area contributed by atoms with Crippen molar-refractivity contribution in [3.63, 3.8) is 0 Å². The molecule has 106 valence electrons. The summed E-state index contributed by atoms with van der Waals surface area (Å²) in [5.41, 5.74) is 1.33. The van der Waals surface area contributed by atoms with Crippen LogP contribution in [0.15, 0.2) is 48.8 Å². The topological polar surface area (TPSA) is 81.1 Å². The van der Waals surface area contributed by atoms with Crippen LogP contribution in [0.3, 0.4) is 0 Å². The van der Waals surface area contributed by atoms with Gasteiger partial charge in [0.1, 0.15) is 0 Å². The molecule has 0 bridgehead atoms. The number of amides is 1. The Kier molecular flexibility index (Phi) is 3.49. The smallest absolute Gasteiger partial charge is 0.258 e. The van der Waals surface area contributed by atoms with E-state index < -0.39 is 16.9 Å². The molecule has 7 heteroatoms. The fourth-order valence-corrected chi connectivity index (χ4v) is 2.80. The van der Waals surface area contributed by atoms with Gasteiger partial charge in [0.25, 0.3) is 5.91 Å². The molecule has 1 N–H and O–H groups in total. The maximum atomic E-state index is 12.1. The second kappa shape index (κ2) is 5.45. The van der Waals surface area contributed by atoms with Crippen LogP contribution in [0.25, 0.3) is 5.03 Å². The highest BCUT2D eigenvalue weighted by atomic mass is 32.2. The number of rotatable bonds is 4. The third-order valence-electron chi connectivity index (χ3n) is 2.96. The summed E-state index contributed by atoms with van der Waals surface area (Å²) < 4.78 is 15.2. The van der Waals surface area contributed by atoms with E-state index in [1.807, 2.05) is 6.07 Å². The lowest BCUT2D eigenvalue weighted by atomic mass is 10.1. The Bertz CT molecular complexity index is 765. The van der Waals surface area contributed by atoms with Crippen molar-refractivity contribution in [1.82, 2.24) is 14.5 Å². The number of hydrogen-bond acceptors (Lipinski definition) is 4. The zero-order chi connectivity index (χ0) is 14.8. The van der Waals surface area contributed by atoms with Crippen molar-refractivity contribution < 1.29 is 13.8 Å². The van der Waals surface area contributed by atoms with Gasteiger partial charge >= 0.3 is 0 Å². The first kappa shape index (κ1) is 13.4. The van der Waals surface area contributed by atoms with Crippen LogP contribution in [0, 0.1) is 0 Å². The third kappa shape index (κ3) is 2.82. The molecule has 1 aliphatic heterocycles. The molecule has 21 heavy (non-hydrogen) atoms. The van der Waals surface area contributed by atoms with Crippen molar-refractivity contribution in [2.24, 2.45) is 0 Å². The highest BCUT2D eigenvalue weighted by Gasteiger charge is 2.22. The van der Waals surface area contributed by atoms with E-state index in [9.17, 15) is 13.8 Å². The molecule has 1 unspecified atom stereocenters. The summed E-state index contributed by atoms with van der Waals surface area (Å²) in [6, 6.07) is 8.97. The Morgan fingerprint density at radius 2 is 2.05 bits per heavy atom. The van der Waals surface area contributed by atoms with E-state index in [1.165, 1.54) is 17.0 Å². The molecule has 1 aliphatic rings. The molecule has 2 aromatic rings. The van der Waals surface area contributed by atoms with Gasteiger partial charge in [0, 0.05) is 24.3 Å². The number of carbonyl (C=O) groups is 2. The summed E-state index contributed by atoms with van der Waals surface area (Å²) in [5.74, 6) is -0.438. The molecule has 1 amide bonds. The summed E-state index contributed by atoms with van der Waals surface area (Å²) in [6.07, 6.45) is 4.56. The van der Waals surface area contributed by atoms with Gasteiger partial charge < -0.3 is 0 Å². The molecule has 1 atom stereocenters. The van der Waals surface area contributed by atoms with Gasteiger partial charge in [0.05, 0.1) is 6.20 Å². The number of ketones is 1. The minimum absolute atomic E-state index is 0.0223. The molecule has 0 spiro atoms. The van der Waals surface area contributed by atoms with Crippen LogP contribution >= 0.6 is 0 Å². The predicted molar refractivity (Wildman–Crippen MR) is 77.3 cm³/mol. The van der Waals surface area contributed by atoms with Crippen LogP contribution in [0.5, 0.6) is 0 Å². The van der Waals surface area contributed by atoms with Crippen LogP contribution in [-0.4, -0.2) is 25.7 Å². The standard InChI is InChI=1S/C14H11N3O3S/c18-12(11-4-2-1-3-5-11)6-10-8-15-17(9-10)14-7-13(19)16-21(14)20/h1-5,7-9H,6H2,(H,16,19). The first-order valence-electron chi connectivity index (χ1n) is 6.20. The average molecular weight is 301 g/mol. The van der Waals surface area contributed by atoms with Gasteiger partial charge in [0.2, 0.25) is 0 Å². The first-order chi connectivity index (χ1) is 10.1. The minimum atomic E-state index is -1.60. The third-order valence-corrected chi connectivity index (χ3v) is 4.03. The number of benzene rings is 1. The lowest BCUT2D eigenvalue weighted by Gasteiger charge is -1.99. The number of carbonyl (C=O) groups excluding carboxylic acids is 2. The molecule has 2 heterocycles. The fourth-order valence-electron chi connectivity index (χ4n) is 1.97. The van der Waals surface area contributed by atoms with Crippen LogP contribution in [0.1, 0.15) is 15.9 Å². The average Bonchev–Trinajstić information content (AvgIpc) is 3.06. The van der Waals surface area contributed by atoms with Gasteiger partial charge in [-0.15, -0.1) is 0 Å². The van der Waals surface area contributed by atoms with Gasteiger partial charge in [-0.05, 0) is 5.56 Å². The van der Waals surface area contributed by atoms with Crippen molar-refractivity contribution >= 4 is 27.7 Å². The van der Waals surface area contributed by atoms with Gasteiger partial charge in [-0.1, -0.05) is 30.3 Å². The highest BCUT2D eigenvalue weighted by Crippen LogP contribution is 2.14. The molecule has 0 saturated carbocycles. The van der Waals surface area contributed by atoms with Crippen LogP contribution in [0.2, 0.25) is 0 Å². The zero-order valence-electron chi connectivity index (χ0n) is 10.9. The molecule has 0 fully saturated rings. The van der Waals surface area contributed by atoms with Gasteiger partial charge in [-0.3, -0.25) is 14.3 Å². The van der Waals surface area contributed by atoms with Crippen molar-refractivity contribution in [3.05, 3.63) is 59.9 Å². The molecule has 3 rings (SSSR count). The Balaban J connectivity index is 1.77. The number of aromatic nitrogens is 2. The molecule has 6 nitrogen and oxygen atoms in total. The van der Waals surface area contributed by atoms with Gasteiger partial charge in [0.15, 0.2) is 21.8 Å². The van der Waals surface area contributed by atoms with Gasteiger partial charge in [-0.2, -0.15) is 5.10 Å². The predicted octanol–water partition coefficient (Wildman–Crippen LogP) is 0.900. The number of Topliss-reactive ketones (excluding diaryl/α,β-unsaturated/α-hetero) is 1. The Labute approximate surface area is 123 Å². The number of nitrogens with one attached hydrogen (secondary N) is 1. The lowest BCUT2D eigenvalue weighted by Crippen LogP contribution is -2.17. The number of nitrogens with zero attached hydrogens (tertiary/aromatic N) is 2. The van der Waals surface area contributed by atoms with Crippen molar-refractivity contribution in [2.45, 2.75) is 6.42 Å². The molecule has 0 saturated heterocycles. The SMILES string of the molecule is O=C1C=C(n2cc(CC(=O)c3ccccc3)cn2)S(=O)N1. The molecular weight excluding hydrogens is 290 g/mol. The fraction of sp³-hybridized carbons (Fsp3) is 0.0714. The largest absolute Gasteiger partial charge is 0.294 e. The van der Waals surface area contributed by atoms with E-state index in [2.05, 4.69) is 9.82 Å². The lowest BCUT2D eigenvalue weighted by molar-refractivity contribution is -0.114. The quantitative estimate of drug-likeness (QED) is 0.851. The summed E-state index contributed by atoms with van der Waals surface area (Å²) in [6.45, 7) is 0. The molecule has 1 aromatic carbocycles. The maximum absolute atomic E-state index is 12.1. The minimum Gasteiger partial charge on any atom is -0.294 e. The second-order valence-corrected chi connectivity index (χ2v) is 5.64. The summed E-state index contributed by atoms with van der Waals surface area (Å²) >= 11 is 0. The van der Waals surface area contributed by atoms with Crippen LogP contribution in [-0.2, 0) is 22.2 Å². The Morgan fingerprint density at radius 1 is 1.29 bits per heavy atom. The van der Waals surface area contributed by atoms with E-state index in [-0.39, 0.29) is 17.2 Å². The van der Waals surface area contributed by atoms with E-state index in [0.29, 0.717) is 11.1 Å². The summed E-state index contributed by atoms with van der Waals surface area (Å²) in [5, 5.41) is 4.30. The van der Waals surface area contributed by atoms with Crippen molar-refractivity contribution in [3.8, 4) is 0 Å². The van der Waals surface area contributed by atoms with E-state index in [1.54, 1.807) is 30.5 Å². The molecular formula is C14H11N3O3S. The number of hydrogen-bond donors (Lipinski definition) is 1. The van der Waals surface area contributed by atoms with Gasteiger partial charge in [-0.25, -0.2) is 8.89 Å². The molecule has 0 radical (unpaired) electrons. The normalized spacial score (nSPS) is 17.4. The molecule has 0 aliphatic carbocycles. The first-order valence-corrected chi connectivity index (χ1v) is 7.35. The monoisotopic (exact) mass is 301 g/mol. The van der Waals surface area contributed by atoms with E-state index in [4.69, 9.17) is 0 Å².